The van der Waals surface area contributed by atoms with Crippen molar-refractivity contribution in [2.24, 2.45) is 5.92 Å². The summed E-state index contributed by atoms with van der Waals surface area (Å²) >= 11 is 0. The third-order valence-corrected chi connectivity index (χ3v) is 4.71. The lowest BCUT2D eigenvalue weighted by Crippen LogP contribution is -2.53. The molecule has 0 saturated carbocycles. The van der Waals surface area contributed by atoms with Crippen LogP contribution in [0.3, 0.4) is 0 Å². The zero-order chi connectivity index (χ0) is 14.7. The van der Waals surface area contributed by atoms with Gasteiger partial charge in [0.15, 0.2) is 0 Å². The smallest absolute Gasteiger partial charge is 0.0606 e. The van der Waals surface area contributed by atoms with Crippen molar-refractivity contribution in [3.63, 3.8) is 0 Å². The molecule has 0 aliphatic carbocycles. The van der Waals surface area contributed by atoms with Gasteiger partial charge in [0, 0.05) is 32.7 Å². The Bertz CT molecular complexity index is 430. The van der Waals surface area contributed by atoms with Crippen molar-refractivity contribution in [1.82, 2.24) is 5.32 Å². The summed E-state index contributed by atoms with van der Waals surface area (Å²) in [5, 5.41) is 3.64. The number of benzene rings is 1. The Kier molecular flexibility index (Phi) is 4.92. The second kappa shape index (κ2) is 6.49. The van der Waals surface area contributed by atoms with E-state index in [1.54, 1.807) is 0 Å². The van der Waals surface area contributed by atoms with E-state index in [0.29, 0.717) is 18.0 Å². The number of anilines is 2. The van der Waals surface area contributed by atoms with Gasteiger partial charge in [0.25, 0.3) is 0 Å². The number of piperidine rings is 1. The van der Waals surface area contributed by atoms with Crippen LogP contribution in [-0.2, 0) is 0 Å². The van der Waals surface area contributed by atoms with Gasteiger partial charge in [0.05, 0.1) is 11.4 Å². The first kappa shape index (κ1) is 15.2. The van der Waals surface area contributed by atoms with Crippen molar-refractivity contribution in [3.8, 4) is 0 Å². The van der Waals surface area contributed by atoms with E-state index < -0.39 is 0 Å². The lowest BCUT2D eigenvalue weighted by molar-refractivity contribution is 0.274. The zero-order valence-corrected chi connectivity index (χ0v) is 13.6. The largest absolute Gasteiger partial charge is 0.376 e. The fourth-order valence-electron chi connectivity index (χ4n) is 3.34. The van der Waals surface area contributed by atoms with E-state index in [1.807, 2.05) is 0 Å². The lowest BCUT2D eigenvalue weighted by atomic mass is 9.86. The standard InChI is InChI=1S/C17H29N3/c1-6-18-15-11-12-20(14(3)13(15)2)17-10-8-7-9-16(17)19(4)5/h7-10,13-15,18H,6,11-12H2,1-5H3. The van der Waals surface area contributed by atoms with E-state index in [9.17, 15) is 0 Å². The molecule has 0 bridgehead atoms. The molecule has 20 heavy (non-hydrogen) atoms. The van der Waals surface area contributed by atoms with Crippen LogP contribution in [0, 0.1) is 5.92 Å². The Balaban J connectivity index is 2.22. The molecule has 3 nitrogen and oxygen atoms in total. The average molecular weight is 275 g/mol. The molecule has 112 valence electrons. The molecule has 1 saturated heterocycles. The van der Waals surface area contributed by atoms with Crippen LogP contribution in [0.25, 0.3) is 0 Å². The minimum Gasteiger partial charge on any atom is -0.376 e. The maximum absolute atomic E-state index is 3.64. The Morgan fingerprint density at radius 3 is 2.60 bits per heavy atom. The summed E-state index contributed by atoms with van der Waals surface area (Å²) in [4.78, 5) is 4.79. The number of hydrogen-bond acceptors (Lipinski definition) is 3. The third kappa shape index (κ3) is 2.93. The highest BCUT2D eigenvalue weighted by atomic mass is 15.2. The van der Waals surface area contributed by atoms with E-state index >= 15 is 0 Å². The molecule has 0 spiro atoms. The van der Waals surface area contributed by atoms with E-state index in [0.717, 1.165) is 13.1 Å². The van der Waals surface area contributed by atoms with Gasteiger partial charge < -0.3 is 15.1 Å². The molecule has 3 unspecified atom stereocenters. The number of nitrogens with zero attached hydrogens (tertiary/aromatic N) is 2. The molecule has 1 N–H and O–H groups in total. The molecule has 1 aliphatic heterocycles. The highest BCUT2D eigenvalue weighted by molar-refractivity contribution is 5.71. The molecule has 1 aromatic rings. The minimum absolute atomic E-state index is 0.564. The first-order valence-corrected chi connectivity index (χ1v) is 7.82. The predicted molar refractivity (Wildman–Crippen MR) is 88.8 cm³/mol. The number of para-hydroxylation sites is 2. The van der Waals surface area contributed by atoms with Crippen LogP contribution >= 0.6 is 0 Å². The molecular weight excluding hydrogens is 246 g/mol. The summed E-state index contributed by atoms with van der Waals surface area (Å²) in [5.74, 6) is 0.666. The highest BCUT2D eigenvalue weighted by Crippen LogP contribution is 2.34. The second-order valence-corrected chi connectivity index (χ2v) is 6.13. The van der Waals surface area contributed by atoms with E-state index in [1.165, 1.54) is 17.8 Å². The van der Waals surface area contributed by atoms with Gasteiger partial charge in [-0.15, -0.1) is 0 Å². The molecule has 1 heterocycles. The average Bonchev–Trinajstić information content (AvgIpc) is 2.44. The number of rotatable bonds is 4. The lowest BCUT2D eigenvalue weighted by Gasteiger charge is -2.45. The van der Waals surface area contributed by atoms with Crippen LogP contribution in [0.5, 0.6) is 0 Å². The molecule has 1 fully saturated rings. The summed E-state index contributed by atoms with van der Waals surface area (Å²) in [6, 6.07) is 9.95. The van der Waals surface area contributed by atoms with Gasteiger partial charge in [-0.2, -0.15) is 0 Å². The quantitative estimate of drug-likeness (QED) is 0.911. The van der Waals surface area contributed by atoms with E-state index in [4.69, 9.17) is 0 Å². The molecule has 0 amide bonds. The number of nitrogens with one attached hydrogen (secondary N) is 1. The molecule has 1 aromatic carbocycles. The first-order chi connectivity index (χ1) is 9.56. The SMILES string of the molecule is CCNC1CCN(c2ccccc2N(C)C)C(C)C1C. The maximum atomic E-state index is 3.64. The van der Waals surface area contributed by atoms with Crippen molar-refractivity contribution in [2.45, 2.75) is 39.3 Å². The van der Waals surface area contributed by atoms with Gasteiger partial charge in [-0.3, -0.25) is 0 Å². The molecule has 0 radical (unpaired) electrons. The van der Waals surface area contributed by atoms with Crippen LogP contribution < -0.4 is 15.1 Å². The van der Waals surface area contributed by atoms with Crippen LogP contribution in [0.15, 0.2) is 24.3 Å². The van der Waals surface area contributed by atoms with Crippen molar-refractivity contribution in [3.05, 3.63) is 24.3 Å². The monoisotopic (exact) mass is 275 g/mol. The Labute approximate surface area is 124 Å². The molecule has 1 aliphatic rings. The highest BCUT2D eigenvalue weighted by Gasteiger charge is 2.32. The van der Waals surface area contributed by atoms with Gasteiger partial charge in [-0.25, -0.2) is 0 Å². The number of hydrogen-bond donors (Lipinski definition) is 1. The summed E-state index contributed by atoms with van der Waals surface area (Å²) in [5.41, 5.74) is 2.68. The van der Waals surface area contributed by atoms with Crippen LogP contribution in [0.4, 0.5) is 11.4 Å². The fourth-order valence-corrected chi connectivity index (χ4v) is 3.34. The Hall–Kier alpha value is -1.22. The third-order valence-electron chi connectivity index (χ3n) is 4.71. The molecule has 3 heteroatoms. The molecular formula is C17H29N3. The molecule has 0 aromatic heterocycles. The van der Waals surface area contributed by atoms with Crippen LogP contribution in [-0.4, -0.2) is 39.3 Å². The molecule has 3 atom stereocenters. The second-order valence-electron chi connectivity index (χ2n) is 6.13. The summed E-state index contributed by atoms with van der Waals surface area (Å²) in [7, 11) is 4.25. The Morgan fingerprint density at radius 1 is 1.25 bits per heavy atom. The van der Waals surface area contributed by atoms with Crippen LogP contribution in [0.2, 0.25) is 0 Å². The maximum Gasteiger partial charge on any atom is 0.0606 e. The summed E-state index contributed by atoms with van der Waals surface area (Å²) in [6.45, 7) is 9.14. The predicted octanol–water partition coefficient (Wildman–Crippen LogP) is 2.97. The first-order valence-electron chi connectivity index (χ1n) is 7.82. The fraction of sp³-hybridized carbons (Fsp3) is 0.647. The molecule has 2 rings (SSSR count). The van der Waals surface area contributed by atoms with Gasteiger partial charge in [-0.1, -0.05) is 26.0 Å². The van der Waals surface area contributed by atoms with E-state index in [2.05, 4.69) is 74.2 Å². The topological polar surface area (TPSA) is 18.5 Å². The van der Waals surface area contributed by atoms with Gasteiger partial charge >= 0.3 is 0 Å². The van der Waals surface area contributed by atoms with Crippen molar-refractivity contribution >= 4 is 11.4 Å². The Morgan fingerprint density at radius 2 is 1.95 bits per heavy atom. The van der Waals surface area contributed by atoms with Crippen molar-refractivity contribution in [1.29, 1.82) is 0 Å². The van der Waals surface area contributed by atoms with Gasteiger partial charge in [0.2, 0.25) is 0 Å². The normalized spacial score (nSPS) is 26.6. The van der Waals surface area contributed by atoms with Gasteiger partial charge in [0.1, 0.15) is 0 Å². The summed E-state index contributed by atoms with van der Waals surface area (Å²) in [6.07, 6.45) is 1.22. The van der Waals surface area contributed by atoms with Gasteiger partial charge in [-0.05, 0) is 37.9 Å². The summed E-state index contributed by atoms with van der Waals surface area (Å²) < 4.78 is 0. The minimum atomic E-state index is 0.564. The zero-order valence-electron chi connectivity index (χ0n) is 13.6. The van der Waals surface area contributed by atoms with Crippen molar-refractivity contribution in [2.75, 3.05) is 37.0 Å². The van der Waals surface area contributed by atoms with Crippen LogP contribution in [0.1, 0.15) is 27.2 Å². The van der Waals surface area contributed by atoms with E-state index in [-0.39, 0.29) is 0 Å². The van der Waals surface area contributed by atoms with Crippen molar-refractivity contribution < 1.29 is 0 Å².